The number of aliphatic carboxylic acids is 1. The Hall–Kier alpha value is -4.01. The number of primary amides is 1. The smallest absolute Gasteiger partial charge is 0.305 e. The monoisotopic (exact) mass is 560 g/mol. The van der Waals surface area contributed by atoms with E-state index in [4.69, 9.17) is 10.8 Å². The van der Waals surface area contributed by atoms with Crippen LogP contribution in [0, 0.1) is 11.7 Å². The molecule has 0 aromatic heterocycles. The summed E-state index contributed by atoms with van der Waals surface area (Å²) in [5, 5.41) is 30.0. The van der Waals surface area contributed by atoms with E-state index in [1.165, 1.54) is 12.1 Å². The first kappa shape index (κ1) is 30.0. The molecule has 216 valence electrons. The number of nitrogens with two attached hydrogens (primary N) is 1. The molecule has 0 saturated carbocycles. The maximum absolute atomic E-state index is 14.2. The highest BCUT2D eigenvalue weighted by Gasteiger charge is 2.59. The van der Waals surface area contributed by atoms with Gasteiger partial charge in [0.15, 0.2) is 5.54 Å². The van der Waals surface area contributed by atoms with Crippen molar-refractivity contribution in [1.29, 1.82) is 0 Å². The van der Waals surface area contributed by atoms with Crippen LogP contribution < -0.4 is 5.73 Å². The molecule has 8 heteroatoms. The lowest BCUT2D eigenvalue weighted by Gasteiger charge is -2.44. The number of carbonyl (C=O) groups is 2. The van der Waals surface area contributed by atoms with Crippen molar-refractivity contribution in [3.8, 4) is 0 Å². The summed E-state index contributed by atoms with van der Waals surface area (Å²) in [5.41, 5.74) is 8.99. The van der Waals surface area contributed by atoms with E-state index in [1.54, 1.807) is 12.1 Å². The van der Waals surface area contributed by atoms with E-state index in [0.717, 1.165) is 22.4 Å². The van der Waals surface area contributed by atoms with Gasteiger partial charge in [-0.25, -0.2) is 4.39 Å². The van der Waals surface area contributed by atoms with Gasteiger partial charge in [-0.05, 0) is 53.2 Å². The quantitative estimate of drug-likeness (QED) is 0.256. The second-order valence-corrected chi connectivity index (χ2v) is 10.9. The van der Waals surface area contributed by atoms with Crippen LogP contribution in [0.25, 0.3) is 5.57 Å². The molecule has 0 fully saturated rings. The van der Waals surface area contributed by atoms with Crippen LogP contribution in [0.5, 0.6) is 0 Å². The van der Waals surface area contributed by atoms with Gasteiger partial charge in [0.05, 0.1) is 18.6 Å². The zero-order chi connectivity index (χ0) is 29.7. The molecule has 0 radical (unpaired) electrons. The summed E-state index contributed by atoms with van der Waals surface area (Å²) in [7, 11) is 0. The zero-order valence-corrected chi connectivity index (χ0v) is 23.3. The van der Waals surface area contributed by atoms with Gasteiger partial charge in [0.2, 0.25) is 5.91 Å². The number of nitrogens with zero attached hydrogens (tertiary/aromatic N) is 1. The van der Waals surface area contributed by atoms with Gasteiger partial charge in [0, 0.05) is 18.2 Å². The predicted molar refractivity (Wildman–Crippen MR) is 155 cm³/mol. The molecular formula is C33H37FN2O5. The molecule has 3 aromatic carbocycles. The number of carbonyl (C=O) groups excluding carboxylic acids is 1. The molecule has 3 aromatic rings. The van der Waals surface area contributed by atoms with Gasteiger partial charge in [0.25, 0.3) is 0 Å². The maximum atomic E-state index is 14.2. The van der Waals surface area contributed by atoms with E-state index >= 15 is 0 Å². The van der Waals surface area contributed by atoms with Crippen molar-refractivity contribution >= 4 is 17.4 Å². The number of rotatable bonds is 12. The van der Waals surface area contributed by atoms with Gasteiger partial charge in [-0.1, -0.05) is 86.6 Å². The van der Waals surface area contributed by atoms with E-state index in [1.807, 2.05) is 79.4 Å². The number of aliphatic hydroxyl groups is 2. The molecule has 2 unspecified atom stereocenters. The van der Waals surface area contributed by atoms with Gasteiger partial charge >= 0.3 is 5.97 Å². The summed E-state index contributed by atoms with van der Waals surface area (Å²) in [6.07, 6.45) is -2.72. The number of amides is 1. The minimum Gasteiger partial charge on any atom is -0.481 e. The predicted octanol–water partition coefficient (Wildman–Crippen LogP) is 4.65. The number of aliphatic hydroxyl groups excluding tert-OH is 2. The van der Waals surface area contributed by atoms with E-state index in [2.05, 4.69) is 0 Å². The highest BCUT2D eigenvalue weighted by Crippen LogP contribution is 2.58. The summed E-state index contributed by atoms with van der Waals surface area (Å²) < 4.78 is 14.2. The maximum Gasteiger partial charge on any atom is 0.305 e. The molecular weight excluding hydrogens is 523 g/mol. The Morgan fingerprint density at radius 2 is 1.51 bits per heavy atom. The molecule has 1 aliphatic heterocycles. The van der Waals surface area contributed by atoms with Crippen LogP contribution in [0.3, 0.4) is 0 Å². The Morgan fingerprint density at radius 3 is 2.05 bits per heavy atom. The van der Waals surface area contributed by atoms with Gasteiger partial charge in [-0.3, -0.25) is 9.59 Å². The van der Waals surface area contributed by atoms with Crippen molar-refractivity contribution in [2.45, 2.75) is 56.8 Å². The van der Waals surface area contributed by atoms with Crippen molar-refractivity contribution in [1.82, 2.24) is 4.90 Å². The van der Waals surface area contributed by atoms with Crippen LogP contribution >= 0.6 is 0 Å². The van der Waals surface area contributed by atoms with Crippen molar-refractivity contribution in [2.24, 2.45) is 11.7 Å². The summed E-state index contributed by atoms with van der Waals surface area (Å²) in [4.78, 5) is 27.0. The van der Waals surface area contributed by atoms with Gasteiger partial charge in [-0.15, -0.1) is 0 Å². The Balaban J connectivity index is 1.95. The van der Waals surface area contributed by atoms with E-state index in [0.29, 0.717) is 5.56 Å². The van der Waals surface area contributed by atoms with Crippen LogP contribution in [-0.4, -0.2) is 50.8 Å². The molecule has 0 bridgehead atoms. The number of hydrogen-bond acceptors (Lipinski definition) is 5. The normalized spacial score (nSPS) is 20.3. The van der Waals surface area contributed by atoms with Crippen molar-refractivity contribution in [3.05, 3.63) is 113 Å². The highest BCUT2D eigenvalue weighted by atomic mass is 19.1. The number of carboxylic acid groups (broad SMARTS) is 1. The van der Waals surface area contributed by atoms with Crippen molar-refractivity contribution in [2.75, 3.05) is 6.54 Å². The molecule has 1 heterocycles. The first-order chi connectivity index (χ1) is 19.6. The highest BCUT2D eigenvalue weighted by molar-refractivity contribution is 5.95. The minimum atomic E-state index is -1.47. The molecule has 1 amide bonds. The van der Waals surface area contributed by atoms with E-state index < -0.39 is 47.8 Å². The minimum absolute atomic E-state index is 0.0761. The van der Waals surface area contributed by atoms with Crippen molar-refractivity contribution < 1.29 is 29.3 Å². The summed E-state index contributed by atoms with van der Waals surface area (Å²) >= 11 is 0. The summed E-state index contributed by atoms with van der Waals surface area (Å²) in [6.45, 7) is 4.23. The lowest BCUT2D eigenvalue weighted by atomic mass is 9.70. The Kier molecular flexibility index (Phi) is 9.25. The number of hydrogen-bond donors (Lipinski definition) is 4. The van der Waals surface area contributed by atoms with Gasteiger partial charge < -0.3 is 26.0 Å². The van der Waals surface area contributed by atoms with Crippen molar-refractivity contribution in [3.63, 3.8) is 0 Å². The molecule has 41 heavy (non-hydrogen) atoms. The molecule has 1 aliphatic rings. The van der Waals surface area contributed by atoms with Crippen LogP contribution in [0.4, 0.5) is 4.39 Å². The largest absolute Gasteiger partial charge is 0.481 e. The standard InChI is InChI=1S/C33H37FN2O5/c1-21(2)31-29(22-9-5-3-6-10-22)30(23-11-7-4-8-12-23)33(32(35)41,24-13-15-25(34)16-14-24)36(31)18-17-26(37)19-27(38)20-28(39)40/h3-16,21,26-27,30,37-38H,17-20H2,1-2H3,(H2,35,41)(H,39,40)/t26-,27-,30?,33?/m1/s1. The van der Waals surface area contributed by atoms with Crippen LogP contribution in [-0.2, 0) is 15.1 Å². The number of allylic oxidation sites excluding steroid dienone is 1. The Labute approximate surface area is 239 Å². The first-order valence-corrected chi connectivity index (χ1v) is 13.8. The molecule has 4 rings (SSSR count). The van der Waals surface area contributed by atoms with E-state index in [9.17, 15) is 24.2 Å². The third-order valence-corrected chi connectivity index (χ3v) is 7.76. The number of benzene rings is 3. The summed E-state index contributed by atoms with van der Waals surface area (Å²) in [5.74, 6) is -2.87. The van der Waals surface area contributed by atoms with Crippen LogP contribution in [0.1, 0.15) is 55.7 Å². The third kappa shape index (κ3) is 6.04. The molecule has 0 saturated heterocycles. The third-order valence-electron chi connectivity index (χ3n) is 7.76. The van der Waals surface area contributed by atoms with Crippen LogP contribution in [0.2, 0.25) is 0 Å². The molecule has 7 nitrogen and oxygen atoms in total. The molecule has 4 atom stereocenters. The van der Waals surface area contributed by atoms with Crippen LogP contribution in [0.15, 0.2) is 90.6 Å². The van der Waals surface area contributed by atoms with Gasteiger partial charge in [-0.2, -0.15) is 0 Å². The Bertz CT molecular complexity index is 1380. The lowest BCUT2D eigenvalue weighted by molar-refractivity contribution is -0.139. The second-order valence-electron chi connectivity index (χ2n) is 10.9. The second kappa shape index (κ2) is 12.7. The topological polar surface area (TPSA) is 124 Å². The Morgan fingerprint density at radius 1 is 0.927 bits per heavy atom. The zero-order valence-electron chi connectivity index (χ0n) is 23.3. The lowest BCUT2D eigenvalue weighted by Crippen LogP contribution is -2.55. The molecule has 0 spiro atoms. The van der Waals surface area contributed by atoms with Gasteiger partial charge in [0.1, 0.15) is 5.82 Å². The summed E-state index contributed by atoms with van der Waals surface area (Å²) in [6, 6.07) is 25.2. The first-order valence-electron chi connectivity index (χ1n) is 13.8. The fourth-order valence-corrected chi connectivity index (χ4v) is 6.19. The van der Waals surface area contributed by atoms with E-state index in [-0.39, 0.29) is 25.3 Å². The molecule has 5 N–H and O–H groups in total. The average Bonchev–Trinajstić information content (AvgIpc) is 3.25. The number of halogens is 1. The average molecular weight is 561 g/mol. The number of carboxylic acids is 1. The fraction of sp³-hybridized carbons (Fsp3) is 0.333. The fourth-order valence-electron chi connectivity index (χ4n) is 6.19. The molecule has 0 aliphatic carbocycles. The SMILES string of the molecule is CC(C)C1=C(c2ccccc2)C(c2ccccc2)C(C(N)=O)(c2ccc(F)cc2)N1CC[C@@H](O)C[C@@H](O)CC(=O)O.